The molecule has 0 aliphatic heterocycles. The molecular formula is C37H71N3O3S. The third kappa shape index (κ3) is 15.7. The fraction of sp³-hybridized carbons (Fsp3) is 0.811. The lowest BCUT2D eigenvalue weighted by atomic mass is 9.73. The van der Waals surface area contributed by atoms with Crippen LogP contribution < -0.4 is 10.3 Å². The monoisotopic (exact) mass is 638 g/mol. The number of carbonyl (C=O) groups is 1. The van der Waals surface area contributed by atoms with Crippen molar-refractivity contribution >= 4 is 23.7 Å². The number of rotatable bonds is 15. The van der Waals surface area contributed by atoms with Crippen LogP contribution in [0.1, 0.15) is 128 Å². The van der Waals surface area contributed by atoms with Gasteiger partial charge < -0.3 is 19.4 Å². The zero-order chi connectivity index (χ0) is 34.7. The summed E-state index contributed by atoms with van der Waals surface area (Å²) in [6, 6.07) is 0. The SMILES string of the molecule is CC.CC1=C(C(C)(C)C)C(=O)C1.CCCN(CC)CCC.CCCN(CC)CCOCCN(C)c1c(C(C)(C)C)c(=O)c1=S. The van der Waals surface area contributed by atoms with Crippen LogP contribution in [0.25, 0.3) is 0 Å². The highest BCUT2D eigenvalue weighted by Gasteiger charge is 2.32. The van der Waals surface area contributed by atoms with E-state index in [0.29, 0.717) is 23.3 Å². The predicted molar refractivity (Wildman–Crippen MR) is 197 cm³/mol. The molecule has 0 aromatic heterocycles. The minimum Gasteiger partial charge on any atom is -0.378 e. The number of anilines is 1. The number of ketones is 1. The summed E-state index contributed by atoms with van der Waals surface area (Å²) in [5.74, 6) is 0.338. The molecule has 0 bridgehead atoms. The molecule has 0 unspecified atom stereocenters. The Bertz CT molecular complexity index is 1020. The second-order valence-electron chi connectivity index (χ2n) is 13.5. The molecule has 44 heavy (non-hydrogen) atoms. The van der Waals surface area contributed by atoms with Crippen molar-refractivity contribution in [3.63, 3.8) is 0 Å². The average Bonchev–Trinajstić information content (AvgIpc) is 2.94. The van der Waals surface area contributed by atoms with Gasteiger partial charge in [-0.2, -0.15) is 0 Å². The smallest absolute Gasteiger partial charge is 0.204 e. The molecule has 6 nitrogen and oxygen atoms in total. The van der Waals surface area contributed by atoms with Gasteiger partial charge in [-0.15, -0.1) is 0 Å². The third-order valence-electron chi connectivity index (χ3n) is 7.54. The summed E-state index contributed by atoms with van der Waals surface area (Å²) < 4.78 is 6.22. The summed E-state index contributed by atoms with van der Waals surface area (Å²) in [6.07, 6.45) is 4.43. The van der Waals surface area contributed by atoms with Crippen LogP contribution in [-0.2, 0) is 14.9 Å². The molecule has 1 aliphatic carbocycles. The summed E-state index contributed by atoms with van der Waals surface area (Å²) >= 11 is 5.23. The van der Waals surface area contributed by atoms with Gasteiger partial charge in [0, 0.05) is 37.7 Å². The van der Waals surface area contributed by atoms with Gasteiger partial charge in [0.25, 0.3) is 0 Å². The molecule has 0 heterocycles. The Morgan fingerprint density at radius 2 is 1.16 bits per heavy atom. The molecule has 0 N–H and O–H groups in total. The fourth-order valence-corrected chi connectivity index (χ4v) is 5.82. The average molecular weight is 638 g/mol. The summed E-state index contributed by atoms with van der Waals surface area (Å²) in [7, 11) is 1.98. The summed E-state index contributed by atoms with van der Waals surface area (Å²) in [4.78, 5) is 30.0. The first-order valence-corrected chi connectivity index (χ1v) is 17.7. The second-order valence-corrected chi connectivity index (χ2v) is 13.9. The number of carbonyl (C=O) groups excluding carboxylic acids is 1. The Morgan fingerprint density at radius 3 is 1.48 bits per heavy atom. The number of Topliss-reactive ketones (excluding diaryl/α,β-unsaturated/α-hetero) is 1. The quantitative estimate of drug-likeness (QED) is 0.141. The molecule has 0 atom stereocenters. The van der Waals surface area contributed by atoms with Crippen LogP contribution in [-0.4, -0.2) is 81.7 Å². The molecule has 0 amide bonds. The second kappa shape index (κ2) is 23.0. The van der Waals surface area contributed by atoms with E-state index in [4.69, 9.17) is 17.0 Å². The van der Waals surface area contributed by atoms with Gasteiger partial charge in [0.05, 0.1) is 18.9 Å². The molecule has 0 saturated heterocycles. The zero-order valence-corrected chi connectivity index (χ0v) is 32.5. The highest BCUT2D eigenvalue weighted by molar-refractivity contribution is 7.71. The number of ether oxygens (including phenoxy) is 1. The molecule has 1 aliphatic rings. The van der Waals surface area contributed by atoms with E-state index in [9.17, 15) is 9.59 Å². The Labute approximate surface area is 278 Å². The first kappa shape index (κ1) is 44.7. The molecule has 1 aromatic rings. The van der Waals surface area contributed by atoms with Gasteiger partial charge >= 0.3 is 0 Å². The number of hydrogen-bond acceptors (Lipinski definition) is 7. The van der Waals surface area contributed by atoms with E-state index in [0.717, 1.165) is 49.6 Å². The lowest BCUT2D eigenvalue weighted by Gasteiger charge is -2.30. The molecule has 0 radical (unpaired) electrons. The normalized spacial score (nSPS) is 13.2. The lowest BCUT2D eigenvalue weighted by Crippen LogP contribution is -2.36. The molecule has 1 aromatic carbocycles. The third-order valence-corrected chi connectivity index (χ3v) is 7.91. The van der Waals surface area contributed by atoms with Crippen LogP contribution in [0, 0.1) is 9.93 Å². The van der Waals surface area contributed by atoms with Gasteiger partial charge in [-0.25, -0.2) is 0 Å². The molecule has 0 fully saturated rings. The first-order chi connectivity index (χ1) is 20.5. The maximum Gasteiger partial charge on any atom is 0.204 e. The van der Waals surface area contributed by atoms with E-state index in [1.165, 1.54) is 44.5 Å². The number of hydrogen-bond donors (Lipinski definition) is 0. The minimum atomic E-state index is -0.161. The van der Waals surface area contributed by atoms with Crippen molar-refractivity contribution in [3.05, 3.63) is 31.4 Å². The van der Waals surface area contributed by atoms with Crippen LogP contribution in [0.2, 0.25) is 0 Å². The van der Waals surface area contributed by atoms with Crippen molar-refractivity contribution in [1.29, 1.82) is 0 Å². The Balaban J connectivity index is 0. The lowest BCUT2D eigenvalue weighted by molar-refractivity contribution is -0.117. The summed E-state index contributed by atoms with van der Waals surface area (Å²) in [5, 5.41) is 0. The van der Waals surface area contributed by atoms with Crippen molar-refractivity contribution in [3.8, 4) is 0 Å². The van der Waals surface area contributed by atoms with Crippen molar-refractivity contribution in [2.45, 2.75) is 128 Å². The number of nitrogens with zero attached hydrogens (tertiary/aromatic N) is 3. The van der Waals surface area contributed by atoms with E-state index in [1.807, 2.05) is 27.8 Å². The van der Waals surface area contributed by atoms with Crippen LogP contribution >= 0.6 is 12.2 Å². The first-order valence-electron chi connectivity index (χ1n) is 17.3. The van der Waals surface area contributed by atoms with Gasteiger partial charge in [-0.3, -0.25) is 9.59 Å². The van der Waals surface area contributed by atoms with Crippen LogP contribution in [0.4, 0.5) is 5.69 Å². The fourth-order valence-electron chi connectivity index (χ4n) is 5.46. The Kier molecular flexibility index (Phi) is 23.4. The van der Waals surface area contributed by atoms with E-state index in [2.05, 4.69) is 90.9 Å². The molecule has 7 heteroatoms. The highest BCUT2D eigenvalue weighted by Crippen LogP contribution is 2.37. The Hall–Kier alpha value is -1.41. The predicted octanol–water partition coefficient (Wildman–Crippen LogP) is 8.61. The topological polar surface area (TPSA) is 53.1 Å². The summed E-state index contributed by atoms with van der Waals surface area (Å²) in [5.41, 5.74) is 4.05. The maximum absolute atomic E-state index is 12.0. The zero-order valence-electron chi connectivity index (χ0n) is 31.7. The van der Waals surface area contributed by atoms with Crippen LogP contribution in [0.3, 0.4) is 0 Å². The van der Waals surface area contributed by atoms with Crippen molar-refractivity contribution in [2.75, 3.05) is 71.0 Å². The molecule has 0 saturated carbocycles. The highest BCUT2D eigenvalue weighted by atomic mass is 32.1. The largest absolute Gasteiger partial charge is 0.378 e. The molecule has 0 spiro atoms. The van der Waals surface area contributed by atoms with E-state index in [-0.39, 0.29) is 16.3 Å². The van der Waals surface area contributed by atoms with Gasteiger partial charge in [-0.1, -0.05) is 108 Å². The van der Waals surface area contributed by atoms with Crippen LogP contribution in [0.5, 0.6) is 0 Å². The van der Waals surface area contributed by atoms with Gasteiger partial charge in [0.15, 0.2) is 5.78 Å². The van der Waals surface area contributed by atoms with Gasteiger partial charge in [-0.05, 0) is 69.7 Å². The van der Waals surface area contributed by atoms with Crippen molar-refractivity contribution in [1.82, 2.24) is 9.80 Å². The van der Waals surface area contributed by atoms with Crippen molar-refractivity contribution < 1.29 is 9.53 Å². The summed E-state index contributed by atoms with van der Waals surface area (Å²) in [6.45, 7) is 38.6. The van der Waals surface area contributed by atoms with E-state index < -0.39 is 0 Å². The van der Waals surface area contributed by atoms with Crippen molar-refractivity contribution in [2.24, 2.45) is 5.41 Å². The van der Waals surface area contributed by atoms with Gasteiger partial charge in [0.1, 0.15) is 4.51 Å². The van der Waals surface area contributed by atoms with E-state index >= 15 is 0 Å². The molecular weight excluding hydrogens is 566 g/mol. The van der Waals surface area contributed by atoms with Crippen LogP contribution in [0.15, 0.2) is 15.9 Å². The molecule has 2 rings (SSSR count). The standard InChI is InChI=1S/C18H32N2O2S.C9H14O.C8H19N.C2H6/c1-7-9-20(8-2)11-13-22-12-10-19(6)15-14(18(3,4)5)16(21)17(15)23;1-6-5-7(10)8(6)9(2,3)4;1-4-7-9(6-3)8-5-2;1-2/h7-13H2,1-6H3;5H2,1-4H3;4-8H2,1-3H3;1-2H3. The minimum absolute atomic E-state index is 0.0356. The Morgan fingerprint density at radius 1 is 0.727 bits per heavy atom. The number of allylic oxidation sites excluding steroid dienone is 2. The molecule has 258 valence electrons. The van der Waals surface area contributed by atoms with E-state index in [1.54, 1.807) is 0 Å². The van der Waals surface area contributed by atoms with Gasteiger partial charge in [0.2, 0.25) is 5.43 Å². The maximum atomic E-state index is 12.0. The number of likely N-dealkylation sites (N-methyl/N-ethyl adjacent to an activating group) is 2.